The quantitative estimate of drug-likeness (QED) is 0.861. The third kappa shape index (κ3) is 4.36. The average molecular weight is 309 g/mol. The predicted octanol–water partition coefficient (Wildman–Crippen LogP) is 2.94. The van der Waals surface area contributed by atoms with Gasteiger partial charge in [0.1, 0.15) is 17.4 Å². The number of amides is 1. The van der Waals surface area contributed by atoms with Crippen molar-refractivity contribution in [2.75, 3.05) is 11.9 Å². The van der Waals surface area contributed by atoms with Gasteiger partial charge in [0, 0.05) is 36.7 Å². The second-order valence-electron chi connectivity index (χ2n) is 4.96. The third-order valence-electron chi connectivity index (χ3n) is 3.13. The molecule has 22 heavy (non-hydrogen) atoms. The molecule has 1 amide bonds. The van der Waals surface area contributed by atoms with Gasteiger partial charge < -0.3 is 15.2 Å². The highest BCUT2D eigenvalue weighted by molar-refractivity contribution is 5.89. The minimum absolute atomic E-state index is 0.194. The van der Waals surface area contributed by atoms with E-state index in [4.69, 9.17) is 4.52 Å². The number of carbonyl (C=O) groups excluding carboxylic acids is 1. The fraction of sp³-hybridized carbons (Fsp3) is 0.333. The van der Waals surface area contributed by atoms with Crippen molar-refractivity contribution < 1.29 is 18.1 Å². The first-order chi connectivity index (χ1) is 10.5. The molecule has 0 spiro atoms. The molecular weight excluding hydrogens is 292 g/mol. The lowest BCUT2D eigenvalue weighted by Crippen LogP contribution is -2.25. The Morgan fingerprint density at radius 3 is 2.77 bits per heavy atom. The van der Waals surface area contributed by atoms with Crippen LogP contribution < -0.4 is 10.6 Å². The van der Waals surface area contributed by atoms with E-state index in [-0.39, 0.29) is 18.4 Å². The number of hydrogen-bond donors (Lipinski definition) is 2. The first kappa shape index (κ1) is 16.1. The summed E-state index contributed by atoms with van der Waals surface area (Å²) in [6.07, 6.45) is 0.194. The number of rotatable bonds is 6. The zero-order valence-corrected chi connectivity index (χ0v) is 12.3. The molecule has 1 aromatic heterocycles. The second kappa shape index (κ2) is 7.13. The van der Waals surface area contributed by atoms with E-state index in [1.807, 2.05) is 0 Å². The van der Waals surface area contributed by atoms with Crippen LogP contribution in [0.15, 0.2) is 28.8 Å². The van der Waals surface area contributed by atoms with Crippen LogP contribution in [-0.2, 0) is 4.79 Å². The van der Waals surface area contributed by atoms with E-state index in [0.717, 1.165) is 6.07 Å². The van der Waals surface area contributed by atoms with E-state index in [1.165, 1.54) is 12.1 Å². The van der Waals surface area contributed by atoms with Gasteiger partial charge in [-0.15, -0.1) is 0 Å². The third-order valence-corrected chi connectivity index (χ3v) is 3.13. The smallest absolute Gasteiger partial charge is 0.226 e. The number of aromatic nitrogens is 1. The molecule has 0 aliphatic heterocycles. The lowest BCUT2D eigenvalue weighted by atomic mass is 10.1. The number of nitrogens with zero attached hydrogens (tertiary/aromatic N) is 1. The van der Waals surface area contributed by atoms with Crippen LogP contribution in [-0.4, -0.2) is 17.6 Å². The van der Waals surface area contributed by atoms with Crippen molar-refractivity contribution in [1.82, 2.24) is 10.5 Å². The van der Waals surface area contributed by atoms with Gasteiger partial charge in [0.15, 0.2) is 5.82 Å². The van der Waals surface area contributed by atoms with Crippen LogP contribution >= 0.6 is 0 Å². The number of halogens is 2. The highest BCUT2D eigenvalue weighted by atomic mass is 19.1. The maximum absolute atomic E-state index is 13.6. The SMILES string of the molecule is Cc1cc(NC(=O)CCNC(C)c2ccc(F)cc2F)no1. The molecule has 0 bridgehead atoms. The number of anilines is 1. The number of nitrogens with one attached hydrogen (secondary N) is 2. The Bertz CT molecular complexity index is 658. The summed E-state index contributed by atoms with van der Waals surface area (Å²) in [6.45, 7) is 3.82. The van der Waals surface area contributed by atoms with Gasteiger partial charge >= 0.3 is 0 Å². The molecular formula is C15H17F2N3O2. The Balaban J connectivity index is 1.79. The van der Waals surface area contributed by atoms with Gasteiger partial charge in [-0.25, -0.2) is 8.78 Å². The largest absolute Gasteiger partial charge is 0.360 e. The Labute approximate surface area is 126 Å². The predicted molar refractivity (Wildman–Crippen MR) is 77.3 cm³/mol. The summed E-state index contributed by atoms with van der Waals surface area (Å²) in [5.41, 5.74) is 0.355. The number of aryl methyl sites for hydroxylation is 1. The molecule has 1 unspecified atom stereocenters. The molecule has 1 aromatic carbocycles. The van der Waals surface area contributed by atoms with E-state index in [0.29, 0.717) is 23.7 Å². The highest BCUT2D eigenvalue weighted by Crippen LogP contribution is 2.17. The molecule has 0 radical (unpaired) electrons. The van der Waals surface area contributed by atoms with Crippen molar-refractivity contribution >= 4 is 11.7 Å². The van der Waals surface area contributed by atoms with Crippen molar-refractivity contribution in [2.24, 2.45) is 0 Å². The van der Waals surface area contributed by atoms with Crippen molar-refractivity contribution in [2.45, 2.75) is 26.3 Å². The van der Waals surface area contributed by atoms with E-state index < -0.39 is 11.6 Å². The highest BCUT2D eigenvalue weighted by Gasteiger charge is 2.12. The molecule has 2 N–H and O–H groups in total. The molecule has 0 aliphatic carbocycles. The summed E-state index contributed by atoms with van der Waals surface area (Å²) in [6, 6.07) is 4.72. The van der Waals surface area contributed by atoms with Crippen molar-refractivity contribution in [3.05, 3.63) is 47.2 Å². The number of hydrogen-bond acceptors (Lipinski definition) is 4. The first-order valence-corrected chi connectivity index (χ1v) is 6.87. The van der Waals surface area contributed by atoms with Crippen molar-refractivity contribution in [1.29, 1.82) is 0 Å². The molecule has 1 atom stereocenters. The van der Waals surface area contributed by atoms with Crippen LogP contribution in [0.4, 0.5) is 14.6 Å². The maximum atomic E-state index is 13.6. The topological polar surface area (TPSA) is 67.2 Å². The van der Waals surface area contributed by atoms with Crippen LogP contribution in [0, 0.1) is 18.6 Å². The zero-order valence-electron chi connectivity index (χ0n) is 12.3. The van der Waals surface area contributed by atoms with E-state index in [9.17, 15) is 13.6 Å². The van der Waals surface area contributed by atoms with Gasteiger partial charge in [0.25, 0.3) is 0 Å². The maximum Gasteiger partial charge on any atom is 0.226 e. The number of carbonyl (C=O) groups is 1. The standard InChI is InChI=1S/C15H17F2N3O2/c1-9-7-14(20-22-9)19-15(21)5-6-18-10(2)12-4-3-11(16)8-13(12)17/h3-4,7-8,10,18H,5-6H2,1-2H3,(H,19,20,21). The molecule has 5 nitrogen and oxygen atoms in total. The van der Waals surface area contributed by atoms with Crippen molar-refractivity contribution in [3.8, 4) is 0 Å². The van der Waals surface area contributed by atoms with Crippen LogP contribution in [0.2, 0.25) is 0 Å². The molecule has 2 aromatic rings. The average Bonchev–Trinajstić information content (AvgIpc) is 2.83. The summed E-state index contributed by atoms with van der Waals surface area (Å²) in [7, 11) is 0. The van der Waals surface area contributed by atoms with Crippen LogP contribution in [0.1, 0.15) is 30.7 Å². The molecule has 7 heteroatoms. The summed E-state index contributed by atoms with van der Waals surface area (Å²) in [5.74, 6) is -0.486. The minimum atomic E-state index is -0.615. The van der Waals surface area contributed by atoms with E-state index in [2.05, 4.69) is 15.8 Å². The zero-order chi connectivity index (χ0) is 16.1. The van der Waals surface area contributed by atoms with E-state index in [1.54, 1.807) is 19.9 Å². The lowest BCUT2D eigenvalue weighted by Gasteiger charge is -2.14. The second-order valence-corrected chi connectivity index (χ2v) is 4.96. The summed E-state index contributed by atoms with van der Waals surface area (Å²) in [4.78, 5) is 11.7. The van der Waals surface area contributed by atoms with Gasteiger partial charge in [-0.1, -0.05) is 11.2 Å². The van der Waals surface area contributed by atoms with Gasteiger partial charge in [0.2, 0.25) is 5.91 Å². The Morgan fingerprint density at radius 2 is 2.14 bits per heavy atom. The summed E-state index contributed by atoms with van der Waals surface area (Å²) < 4.78 is 31.3. The van der Waals surface area contributed by atoms with Crippen LogP contribution in [0.3, 0.4) is 0 Å². The fourth-order valence-corrected chi connectivity index (χ4v) is 2.00. The Kier molecular flexibility index (Phi) is 5.21. The fourth-order valence-electron chi connectivity index (χ4n) is 2.00. The lowest BCUT2D eigenvalue weighted by molar-refractivity contribution is -0.116. The molecule has 0 saturated heterocycles. The first-order valence-electron chi connectivity index (χ1n) is 6.87. The minimum Gasteiger partial charge on any atom is -0.360 e. The monoisotopic (exact) mass is 309 g/mol. The van der Waals surface area contributed by atoms with Crippen LogP contribution in [0.25, 0.3) is 0 Å². The normalized spacial score (nSPS) is 12.2. The summed E-state index contributed by atoms with van der Waals surface area (Å²) >= 11 is 0. The molecule has 0 saturated carbocycles. The van der Waals surface area contributed by atoms with Gasteiger partial charge in [-0.05, 0) is 19.9 Å². The number of benzene rings is 1. The van der Waals surface area contributed by atoms with Crippen LogP contribution in [0.5, 0.6) is 0 Å². The van der Waals surface area contributed by atoms with Gasteiger partial charge in [-0.3, -0.25) is 4.79 Å². The van der Waals surface area contributed by atoms with Crippen molar-refractivity contribution in [3.63, 3.8) is 0 Å². The summed E-state index contributed by atoms with van der Waals surface area (Å²) in [5, 5.41) is 9.26. The Morgan fingerprint density at radius 1 is 1.36 bits per heavy atom. The molecule has 0 fully saturated rings. The van der Waals surface area contributed by atoms with Gasteiger partial charge in [-0.2, -0.15) is 0 Å². The molecule has 118 valence electrons. The Hall–Kier alpha value is -2.28. The molecule has 0 aliphatic rings. The van der Waals surface area contributed by atoms with E-state index >= 15 is 0 Å². The molecule has 2 rings (SSSR count). The molecule has 1 heterocycles. The van der Waals surface area contributed by atoms with Gasteiger partial charge in [0.05, 0.1) is 0 Å².